The number of piperidine rings is 1. The zero-order valence-electron chi connectivity index (χ0n) is 23.7. The topological polar surface area (TPSA) is 130 Å². The van der Waals surface area contributed by atoms with Crippen LogP contribution in [-0.2, 0) is 16.0 Å². The third-order valence-electron chi connectivity index (χ3n) is 8.08. The van der Waals surface area contributed by atoms with Crippen LogP contribution in [-0.4, -0.2) is 59.1 Å². The van der Waals surface area contributed by atoms with Gasteiger partial charge in [-0.2, -0.15) is 0 Å². The van der Waals surface area contributed by atoms with Gasteiger partial charge in [-0.05, 0) is 67.3 Å². The maximum atomic E-state index is 11.6. The van der Waals surface area contributed by atoms with Crippen LogP contribution < -0.4 is 5.32 Å². The molecule has 0 spiro atoms. The van der Waals surface area contributed by atoms with Gasteiger partial charge in [0.05, 0.1) is 42.0 Å². The van der Waals surface area contributed by atoms with Crippen LogP contribution in [0.3, 0.4) is 0 Å². The van der Waals surface area contributed by atoms with Crippen molar-refractivity contribution in [3.8, 4) is 0 Å². The van der Waals surface area contributed by atoms with Gasteiger partial charge < -0.3 is 19.6 Å². The first kappa shape index (κ1) is 30.5. The Balaban J connectivity index is 1.32. The predicted octanol–water partition coefficient (Wildman–Crippen LogP) is 6.14. The summed E-state index contributed by atoms with van der Waals surface area (Å²) in [6.45, 7) is 1.73. The van der Waals surface area contributed by atoms with Crippen LogP contribution in [0.5, 0.6) is 0 Å². The molecule has 2 unspecified atom stereocenters. The summed E-state index contributed by atoms with van der Waals surface area (Å²) >= 11 is 6.10. The van der Waals surface area contributed by atoms with Crippen LogP contribution in [0.25, 0.3) is 0 Å². The molecule has 0 saturated carbocycles. The second-order valence-electron chi connectivity index (χ2n) is 10.8. The van der Waals surface area contributed by atoms with Crippen LogP contribution in [0.4, 0.5) is 5.69 Å². The van der Waals surface area contributed by atoms with Crippen molar-refractivity contribution in [2.75, 3.05) is 26.3 Å². The van der Waals surface area contributed by atoms with Gasteiger partial charge in [0.25, 0.3) is 5.69 Å². The molecule has 3 atom stereocenters. The molecule has 3 heterocycles. The number of nitrogens with one attached hydrogen (secondary N) is 1. The molecular formula is C32H35ClN4O6. The highest BCUT2D eigenvalue weighted by atomic mass is 35.5. The average molecular weight is 607 g/mol. The van der Waals surface area contributed by atoms with Crippen LogP contribution in [0.2, 0.25) is 5.02 Å². The molecule has 3 aromatic rings. The van der Waals surface area contributed by atoms with Crippen molar-refractivity contribution < 1.29 is 24.0 Å². The molecule has 0 aliphatic carbocycles. The lowest BCUT2D eigenvalue weighted by molar-refractivity contribution is -0.384. The maximum absolute atomic E-state index is 11.6. The van der Waals surface area contributed by atoms with Crippen molar-refractivity contribution in [1.29, 1.82) is 0 Å². The van der Waals surface area contributed by atoms with E-state index in [2.05, 4.69) is 39.5 Å². The van der Waals surface area contributed by atoms with E-state index in [0.717, 1.165) is 37.0 Å². The van der Waals surface area contributed by atoms with Crippen molar-refractivity contribution in [2.45, 2.75) is 50.1 Å². The second-order valence-corrected chi connectivity index (χ2v) is 11.2. The summed E-state index contributed by atoms with van der Waals surface area (Å²) in [5, 5.41) is 24.2. The van der Waals surface area contributed by atoms with Crippen molar-refractivity contribution >= 4 is 29.1 Å². The van der Waals surface area contributed by atoms with E-state index in [0.29, 0.717) is 32.0 Å². The Morgan fingerprint density at radius 1 is 1.21 bits per heavy atom. The minimum atomic E-state index is -1.02. The first-order valence-electron chi connectivity index (χ1n) is 14.5. The van der Waals surface area contributed by atoms with Gasteiger partial charge in [-0.1, -0.05) is 48.0 Å². The molecule has 226 valence electrons. The van der Waals surface area contributed by atoms with Gasteiger partial charge in [0.15, 0.2) is 0 Å². The van der Waals surface area contributed by atoms with Crippen LogP contribution in [0, 0.1) is 10.1 Å². The number of unbranched alkanes of at least 4 members (excludes halogenated alkanes) is 1. The van der Waals surface area contributed by atoms with E-state index >= 15 is 0 Å². The molecule has 0 amide bonds. The van der Waals surface area contributed by atoms with Crippen LogP contribution in [0.15, 0.2) is 88.1 Å². The van der Waals surface area contributed by atoms with E-state index < -0.39 is 10.9 Å². The fourth-order valence-electron chi connectivity index (χ4n) is 5.80. The Hall–Kier alpha value is -3.99. The molecule has 0 bridgehead atoms. The van der Waals surface area contributed by atoms with Gasteiger partial charge in [0.2, 0.25) is 0 Å². The number of likely N-dealkylation sites (tertiary alicyclic amines) is 1. The number of carbonyl (C=O) groups is 1. The number of carboxylic acids is 1. The number of nitrogens with zero attached hydrogens (tertiary/aromatic N) is 3. The maximum Gasteiger partial charge on any atom is 0.334 e. The molecule has 0 radical (unpaired) electrons. The fraction of sp³-hybridized carbons (Fsp3) is 0.375. The lowest BCUT2D eigenvalue weighted by atomic mass is 9.83. The van der Waals surface area contributed by atoms with Crippen molar-refractivity contribution in [3.05, 3.63) is 111 Å². The molecule has 43 heavy (non-hydrogen) atoms. The highest BCUT2D eigenvalue weighted by Gasteiger charge is 2.39. The number of halogens is 1. The Morgan fingerprint density at radius 2 is 2.05 bits per heavy atom. The van der Waals surface area contributed by atoms with Crippen molar-refractivity contribution in [3.63, 3.8) is 0 Å². The van der Waals surface area contributed by atoms with E-state index in [1.54, 1.807) is 18.4 Å². The Kier molecular flexibility index (Phi) is 10.2. The summed E-state index contributed by atoms with van der Waals surface area (Å²) in [5.41, 5.74) is 2.21. The van der Waals surface area contributed by atoms with E-state index in [-0.39, 0.29) is 40.8 Å². The molecule has 5 rings (SSSR count). The SMILES string of the molecule is O=C(O)C1=CNC(C2CC(c3ccc(Cl)c([N+](=O)[O-])c3)CCN2[C@H](COCCCCc2ccccc2)c2ccco2)=NC1. The summed E-state index contributed by atoms with van der Waals surface area (Å²) in [7, 11) is 0. The highest BCUT2D eigenvalue weighted by Crippen LogP contribution is 2.39. The minimum Gasteiger partial charge on any atom is -0.478 e. The number of ether oxygens (including phenoxy) is 1. The van der Waals surface area contributed by atoms with Crippen LogP contribution in [0.1, 0.15) is 54.5 Å². The van der Waals surface area contributed by atoms with E-state index in [1.807, 2.05) is 24.3 Å². The highest BCUT2D eigenvalue weighted by molar-refractivity contribution is 6.32. The molecule has 1 saturated heterocycles. The fourth-order valence-corrected chi connectivity index (χ4v) is 5.99. The quantitative estimate of drug-likeness (QED) is 0.135. The molecule has 1 aromatic heterocycles. The summed E-state index contributed by atoms with van der Waals surface area (Å²) < 4.78 is 12.1. The number of hydrogen-bond acceptors (Lipinski definition) is 8. The first-order chi connectivity index (χ1) is 20.9. The number of aliphatic carboxylic acids is 1. The Morgan fingerprint density at radius 3 is 2.74 bits per heavy atom. The number of rotatable bonds is 13. The molecule has 2 aliphatic rings. The molecule has 1 fully saturated rings. The summed E-state index contributed by atoms with van der Waals surface area (Å²) in [5.74, 6) is 0.407. The second kappa shape index (κ2) is 14.5. The number of carboxylic acid groups (broad SMARTS) is 1. The van der Waals surface area contributed by atoms with Gasteiger partial charge in [-0.25, -0.2) is 4.79 Å². The van der Waals surface area contributed by atoms with Crippen molar-refractivity contribution in [1.82, 2.24) is 10.2 Å². The van der Waals surface area contributed by atoms with Crippen molar-refractivity contribution in [2.24, 2.45) is 4.99 Å². The monoisotopic (exact) mass is 606 g/mol. The van der Waals surface area contributed by atoms with Gasteiger partial charge in [0.1, 0.15) is 16.6 Å². The molecule has 2 aliphatic heterocycles. The van der Waals surface area contributed by atoms with Gasteiger partial charge in [0, 0.05) is 25.4 Å². The molecular weight excluding hydrogens is 572 g/mol. The number of benzene rings is 2. The first-order valence-corrected chi connectivity index (χ1v) is 14.9. The third kappa shape index (κ3) is 7.70. The zero-order valence-corrected chi connectivity index (χ0v) is 24.5. The lowest BCUT2D eigenvalue weighted by Crippen LogP contribution is -2.53. The average Bonchev–Trinajstić information content (AvgIpc) is 3.56. The Labute approximate surface area is 255 Å². The van der Waals surface area contributed by atoms with E-state index in [4.69, 9.17) is 20.8 Å². The van der Waals surface area contributed by atoms with Crippen LogP contribution >= 0.6 is 11.6 Å². The summed E-state index contributed by atoms with van der Waals surface area (Å²) in [6.07, 6.45) is 7.44. The third-order valence-corrected chi connectivity index (χ3v) is 8.40. The molecule has 11 heteroatoms. The number of aryl methyl sites for hydroxylation is 1. The largest absolute Gasteiger partial charge is 0.478 e. The number of aliphatic imine (C=N–C) groups is 1. The summed E-state index contributed by atoms with van der Waals surface area (Å²) in [6, 6.07) is 18.7. The molecule has 2 N–H and O–H groups in total. The van der Waals surface area contributed by atoms with Gasteiger partial charge in [-0.3, -0.25) is 20.0 Å². The molecule has 10 nitrogen and oxygen atoms in total. The lowest BCUT2D eigenvalue weighted by Gasteiger charge is -2.44. The van der Waals surface area contributed by atoms with Gasteiger partial charge in [-0.15, -0.1) is 0 Å². The smallest absolute Gasteiger partial charge is 0.334 e. The number of amidine groups is 1. The number of nitro groups is 1. The normalized spacial score (nSPS) is 19.7. The standard InChI is InChI=1S/C32H35ClN4O6/c33-26-12-11-23(17-27(26)37(40)41)24-13-14-36(28(18-24)31-34-19-25(20-35-31)32(38)39)29(30-10-6-16-43-30)21-42-15-5-4-9-22-7-2-1-3-8-22/h1-3,6-8,10-12,16-17,19,24,28-29H,4-5,9,13-15,18,20-21H2,(H,34,35)(H,38,39)/t24?,28?,29-/m1/s1. The van der Waals surface area contributed by atoms with E-state index in [1.165, 1.54) is 11.8 Å². The minimum absolute atomic E-state index is 0.00252. The predicted molar refractivity (Wildman–Crippen MR) is 163 cm³/mol. The zero-order chi connectivity index (χ0) is 30.2. The number of furan rings is 1. The molecule has 2 aromatic carbocycles. The van der Waals surface area contributed by atoms with Gasteiger partial charge >= 0.3 is 5.97 Å². The van der Waals surface area contributed by atoms with E-state index in [9.17, 15) is 20.0 Å². The summed E-state index contributed by atoms with van der Waals surface area (Å²) in [4.78, 5) is 29.5. The number of hydrogen-bond donors (Lipinski definition) is 2. The Bertz CT molecular complexity index is 1460. The number of nitro benzene ring substituents is 1.